The minimum absolute atomic E-state index is 0.122. The predicted octanol–water partition coefficient (Wildman–Crippen LogP) is 2.07. The van der Waals surface area contributed by atoms with Crippen molar-refractivity contribution in [2.75, 3.05) is 13.4 Å². The van der Waals surface area contributed by atoms with Gasteiger partial charge in [0.15, 0.2) is 11.5 Å². The summed E-state index contributed by atoms with van der Waals surface area (Å²) in [6.45, 7) is 0.513. The van der Waals surface area contributed by atoms with Crippen molar-refractivity contribution in [1.29, 1.82) is 0 Å². The van der Waals surface area contributed by atoms with Crippen LogP contribution in [0.3, 0.4) is 0 Å². The molecule has 0 saturated carbocycles. The van der Waals surface area contributed by atoms with Crippen LogP contribution in [0.2, 0.25) is 0 Å². The van der Waals surface area contributed by atoms with Gasteiger partial charge in [-0.05, 0) is 36.2 Å². The fourth-order valence-corrected chi connectivity index (χ4v) is 3.16. The Bertz CT molecular complexity index is 708. The molecule has 4 rings (SSSR count). The number of esters is 1. The van der Waals surface area contributed by atoms with Gasteiger partial charge in [-0.25, -0.2) is 0 Å². The van der Waals surface area contributed by atoms with Crippen LogP contribution in [0.25, 0.3) is 0 Å². The molecule has 0 aliphatic carbocycles. The number of hydrogen-bond donors (Lipinski definition) is 1. The summed E-state index contributed by atoms with van der Waals surface area (Å²) in [6, 6.07) is 9.04. The van der Waals surface area contributed by atoms with Crippen LogP contribution in [-0.2, 0) is 16.0 Å². The molecule has 6 nitrogen and oxygen atoms in total. The Kier molecular flexibility index (Phi) is 3.46. The summed E-state index contributed by atoms with van der Waals surface area (Å²) in [5.41, 5.74) is 1.01. The van der Waals surface area contributed by atoms with Crippen molar-refractivity contribution in [3.63, 3.8) is 0 Å². The van der Waals surface area contributed by atoms with Gasteiger partial charge in [0, 0.05) is 5.92 Å². The maximum atomic E-state index is 12.0. The van der Waals surface area contributed by atoms with E-state index in [1.165, 1.54) is 6.26 Å². The third-order valence-corrected chi connectivity index (χ3v) is 4.33. The normalized spacial score (nSPS) is 23.8. The summed E-state index contributed by atoms with van der Waals surface area (Å²) in [7, 11) is 0. The molecule has 0 radical (unpaired) electrons. The van der Waals surface area contributed by atoms with Crippen molar-refractivity contribution in [2.24, 2.45) is 11.8 Å². The second kappa shape index (κ2) is 5.62. The molecule has 3 atom stereocenters. The number of aliphatic hydroxyl groups excluding tert-OH is 1. The summed E-state index contributed by atoms with van der Waals surface area (Å²) in [6.07, 6.45) is 1.08. The van der Waals surface area contributed by atoms with E-state index >= 15 is 0 Å². The zero-order valence-electron chi connectivity index (χ0n) is 12.3. The summed E-state index contributed by atoms with van der Waals surface area (Å²) in [5.74, 6) is 0.661. The lowest BCUT2D eigenvalue weighted by Gasteiger charge is -2.19. The molecule has 1 saturated heterocycles. The van der Waals surface area contributed by atoms with Crippen molar-refractivity contribution >= 4 is 5.97 Å². The molecule has 120 valence electrons. The Balaban J connectivity index is 1.54. The Morgan fingerprint density at radius 3 is 2.87 bits per heavy atom. The Labute approximate surface area is 132 Å². The molecular formula is C17H16O6. The van der Waals surface area contributed by atoms with E-state index in [9.17, 15) is 9.90 Å². The summed E-state index contributed by atoms with van der Waals surface area (Å²) in [4.78, 5) is 12.0. The SMILES string of the molecule is O=C1OC[C@H](Cc2ccc3c(c2)OCO3)[C@H]1[C@@H](O)c1ccco1. The van der Waals surface area contributed by atoms with Crippen LogP contribution in [0.15, 0.2) is 41.0 Å². The first-order valence-electron chi connectivity index (χ1n) is 7.49. The van der Waals surface area contributed by atoms with Crippen LogP contribution in [-0.4, -0.2) is 24.5 Å². The highest BCUT2D eigenvalue weighted by Gasteiger charge is 2.43. The van der Waals surface area contributed by atoms with Gasteiger partial charge in [0.1, 0.15) is 11.9 Å². The standard InChI is InChI=1S/C17H16O6/c18-16(13-2-1-5-20-13)15-11(8-21-17(15)19)6-10-3-4-12-14(7-10)23-9-22-12/h1-5,7,11,15-16,18H,6,8-9H2/t11-,15-,16-/m0/s1. The molecule has 3 heterocycles. The van der Waals surface area contributed by atoms with Crippen molar-refractivity contribution in [1.82, 2.24) is 0 Å². The Morgan fingerprint density at radius 1 is 1.17 bits per heavy atom. The van der Waals surface area contributed by atoms with Gasteiger partial charge in [-0.2, -0.15) is 0 Å². The molecule has 0 amide bonds. The summed E-state index contributed by atoms with van der Waals surface area (Å²) >= 11 is 0. The van der Waals surface area contributed by atoms with Crippen molar-refractivity contribution in [3.8, 4) is 11.5 Å². The van der Waals surface area contributed by atoms with Crippen LogP contribution >= 0.6 is 0 Å². The van der Waals surface area contributed by atoms with E-state index in [1.807, 2.05) is 18.2 Å². The van der Waals surface area contributed by atoms with Crippen molar-refractivity contribution in [3.05, 3.63) is 47.9 Å². The molecule has 23 heavy (non-hydrogen) atoms. The number of carbonyl (C=O) groups excluding carboxylic acids is 1. The van der Waals surface area contributed by atoms with Gasteiger partial charge in [0.05, 0.1) is 18.8 Å². The van der Waals surface area contributed by atoms with Crippen LogP contribution < -0.4 is 9.47 Å². The van der Waals surface area contributed by atoms with Gasteiger partial charge in [-0.15, -0.1) is 0 Å². The first-order chi connectivity index (χ1) is 11.2. The minimum atomic E-state index is -1.00. The highest BCUT2D eigenvalue weighted by Crippen LogP contribution is 2.38. The number of carbonyl (C=O) groups is 1. The van der Waals surface area contributed by atoms with E-state index in [4.69, 9.17) is 18.6 Å². The van der Waals surface area contributed by atoms with Crippen molar-refractivity contribution in [2.45, 2.75) is 12.5 Å². The highest BCUT2D eigenvalue weighted by molar-refractivity contribution is 5.75. The molecule has 0 spiro atoms. The van der Waals surface area contributed by atoms with Crippen LogP contribution in [0, 0.1) is 11.8 Å². The smallest absolute Gasteiger partial charge is 0.312 e. The monoisotopic (exact) mass is 316 g/mol. The van der Waals surface area contributed by atoms with Gasteiger partial charge < -0.3 is 23.7 Å². The number of ether oxygens (including phenoxy) is 3. The zero-order chi connectivity index (χ0) is 15.8. The predicted molar refractivity (Wildman–Crippen MR) is 77.9 cm³/mol. The van der Waals surface area contributed by atoms with Gasteiger partial charge in [0.2, 0.25) is 6.79 Å². The van der Waals surface area contributed by atoms with Gasteiger partial charge in [-0.1, -0.05) is 6.07 Å². The minimum Gasteiger partial charge on any atom is -0.467 e. The number of hydrogen-bond acceptors (Lipinski definition) is 6. The van der Waals surface area contributed by atoms with Crippen LogP contribution in [0.4, 0.5) is 0 Å². The number of fused-ring (bicyclic) bond motifs is 1. The fourth-order valence-electron chi connectivity index (χ4n) is 3.16. The largest absolute Gasteiger partial charge is 0.467 e. The Hall–Kier alpha value is -2.47. The fraction of sp³-hybridized carbons (Fsp3) is 0.353. The molecule has 6 heteroatoms. The highest BCUT2D eigenvalue weighted by atomic mass is 16.7. The molecule has 1 aromatic carbocycles. The molecule has 0 unspecified atom stereocenters. The average molecular weight is 316 g/mol. The third kappa shape index (κ3) is 2.55. The molecule has 1 fully saturated rings. The van der Waals surface area contributed by atoms with Crippen LogP contribution in [0.1, 0.15) is 17.4 Å². The lowest BCUT2D eigenvalue weighted by atomic mass is 9.84. The van der Waals surface area contributed by atoms with E-state index < -0.39 is 12.0 Å². The number of benzene rings is 1. The second-order valence-corrected chi connectivity index (χ2v) is 5.77. The number of aliphatic hydroxyl groups is 1. The van der Waals surface area contributed by atoms with Gasteiger partial charge in [0.25, 0.3) is 0 Å². The topological polar surface area (TPSA) is 78.1 Å². The first kappa shape index (κ1) is 14.1. The number of furan rings is 1. The first-order valence-corrected chi connectivity index (χ1v) is 7.49. The maximum Gasteiger partial charge on any atom is 0.312 e. The maximum absolute atomic E-state index is 12.0. The molecule has 0 bridgehead atoms. The second-order valence-electron chi connectivity index (χ2n) is 5.77. The third-order valence-electron chi connectivity index (χ3n) is 4.33. The van der Waals surface area contributed by atoms with E-state index in [0.717, 1.165) is 11.3 Å². The average Bonchev–Trinajstić information content (AvgIpc) is 3.27. The summed E-state index contributed by atoms with van der Waals surface area (Å²) < 4.78 is 21.1. The van der Waals surface area contributed by atoms with Gasteiger partial charge in [-0.3, -0.25) is 4.79 Å². The number of rotatable bonds is 4. The van der Waals surface area contributed by atoms with E-state index in [-0.39, 0.29) is 25.3 Å². The number of cyclic esters (lactones) is 1. The molecule has 2 aromatic rings. The summed E-state index contributed by atoms with van der Waals surface area (Å²) in [5, 5.41) is 10.4. The quantitative estimate of drug-likeness (QED) is 0.870. The molecule has 1 N–H and O–H groups in total. The van der Waals surface area contributed by atoms with Crippen LogP contribution in [0.5, 0.6) is 11.5 Å². The molecular weight excluding hydrogens is 300 g/mol. The molecule has 2 aliphatic rings. The molecule has 1 aromatic heterocycles. The molecule has 2 aliphatic heterocycles. The van der Waals surface area contributed by atoms with E-state index in [0.29, 0.717) is 17.9 Å². The van der Waals surface area contributed by atoms with Crippen molar-refractivity contribution < 1.29 is 28.5 Å². The Morgan fingerprint density at radius 2 is 2.04 bits per heavy atom. The zero-order valence-corrected chi connectivity index (χ0v) is 12.3. The lowest BCUT2D eigenvalue weighted by molar-refractivity contribution is -0.144. The van der Waals surface area contributed by atoms with E-state index in [1.54, 1.807) is 12.1 Å². The lowest BCUT2D eigenvalue weighted by Crippen LogP contribution is -2.25. The van der Waals surface area contributed by atoms with Gasteiger partial charge >= 0.3 is 5.97 Å². The van der Waals surface area contributed by atoms with E-state index in [2.05, 4.69) is 0 Å².